The van der Waals surface area contributed by atoms with Gasteiger partial charge in [0.25, 0.3) is 0 Å². The van der Waals surface area contributed by atoms with Crippen molar-refractivity contribution in [2.24, 2.45) is 11.0 Å². The Morgan fingerprint density at radius 1 is 1.17 bits per heavy atom. The van der Waals surface area contributed by atoms with E-state index in [4.69, 9.17) is 4.74 Å². The minimum Gasteiger partial charge on any atom is -0.493 e. The lowest BCUT2D eigenvalue weighted by molar-refractivity contribution is -0.114. The van der Waals surface area contributed by atoms with E-state index in [1.165, 1.54) is 18.3 Å². The van der Waals surface area contributed by atoms with Gasteiger partial charge in [-0.2, -0.15) is 5.10 Å². The number of nitrogens with zero attached hydrogens (tertiary/aromatic N) is 2. The van der Waals surface area contributed by atoms with Crippen LogP contribution in [0.15, 0.2) is 59.0 Å². The molecule has 0 aliphatic rings. The van der Waals surface area contributed by atoms with Gasteiger partial charge < -0.3 is 10.1 Å². The van der Waals surface area contributed by atoms with Crippen molar-refractivity contribution in [1.29, 1.82) is 0 Å². The Kier molecular flexibility index (Phi) is 6.97. The molecule has 3 rings (SSSR count). The third-order valence-electron chi connectivity index (χ3n) is 3.84. The first-order valence-corrected chi connectivity index (χ1v) is 10.2. The quantitative estimate of drug-likeness (QED) is 0.394. The molecule has 0 fully saturated rings. The molecule has 0 saturated heterocycles. The number of aromatic nitrogens is 1. The molecule has 0 atom stereocenters. The monoisotopic (exact) mass is 408 g/mol. The van der Waals surface area contributed by atoms with E-state index < -0.39 is 0 Å². The minimum atomic E-state index is -0.0894. The molecular formula is C22H24N4O2S. The lowest BCUT2D eigenvalue weighted by Gasteiger charge is -2.08. The van der Waals surface area contributed by atoms with Gasteiger partial charge in [-0.1, -0.05) is 26.0 Å². The van der Waals surface area contributed by atoms with Crippen molar-refractivity contribution in [2.75, 3.05) is 17.3 Å². The van der Waals surface area contributed by atoms with Gasteiger partial charge in [-0.25, -0.2) is 4.98 Å². The van der Waals surface area contributed by atoms with E-state index in [0.717, 1.165) is 28.3 Å². The molecule has 6 nitrogen and oxygen atoms in total. The molecule has 0 bridgehead atoms. The highest BCUT2D eigenvalue weighted by Crippen LogP contribution is 2.26. The van der Waals surface area contributed by atoms with Gasteiger partial charge in [0.2, 0.25) is 11.0 Å². The fraction of sp³-hybridized carbons (Fsp3) is 0.227. The summed E-state index contributed by atoms with van der Waals surface area (Å²) in [5.41, 5.74) is 6.53. The van der Waals surface area contributed by atoms with Crippen LogP contribution in [0.25, 0.3) is 11.3 Å². The molecule has 0 spiro atoms. The maximum absolute atomic E-state index is 11.1. The normalized spacial score (nSPS) is 11.0. The zero-order chi connectivity index (χ0) is 20.6. The third kappa shape index (κ3) is 6.43. The van der Waals surface area contributed by atoms with Crippen LogP contribution in [0.1, 0.15) is 26.3 Å². The van der Waals surface area contributed by atoms with E-state index in [1.807, 2.05) is 53.9 Å². The van der Waals surface area contributed by atoms with Crippen LogP contribution in [-0.4, -0.2) is 23.7 Å². The Labute approximate surface area is 174 Å². The number of thiazole rings is 1. The number of hydrogen-bond donors (Lipinski definition) is 2. The lowest BCUT2D eigenvalue weighted by atomic mass is 10.1. The first kappa shape index (κ1) is 20.5. The highest BCUT2D eigenvalue weighted by molar-refractivity contribution is 7.14. The minimum absolute atomic E-state index is 0.0894. The Balaban J connectivity index is 1.55. The van der Waals surface area contributed by atoms with E-state index in [1.54, 1.807) is 6.21 Å². The van der Waals surface area contributed by atoms with E-state index in [9.17, 15) is 4.79 Å². The van der Waals surface area contributed by atoms with Crippen molar-refractivity contribution >= 4 is 34.3 Å². The van der Waals surface area contributed by atoms with Crippen molar-refractivity contribution in [3.05, 3.63) is 59.5 Å². The number of hydrogen-bond acceptors (Lipinski definition) is 6. The Hall–Kier alpha value is -3.19. The van der Waals surface area contributed by atoms with E-state index in [-0.39, 0.29) is 5.91 Å². The number of hydrazone groups is 1. The Bertz CT molecular complexity index is 963. The summed E-state index contributed by atoms with van der Waals surface area (Å²) in [6, 6.07) is 15.4. The molecule has 0 aliphatic carbocycles. The Morgan fingerprint density at radius 3 is 2.55 bits per heavy atom. The zero-order valence-electron chi connectivity index (χ0n) is 16.7. The molecule has 7 heteroatoms. The molecule has 0 unspecified atom stereocenters. The van der Waals surface area contributed by atoms with Crippen LogP contribution in [0.2, 0.25) is 0 Å². The van der Waals surface area contributed by atoms with Crippen molar-refractivity contribution < 1.29 is 9.53 Å². The van der Waals surface area contributed by atoms with Gasteiger partial charge in [0.05, 0.1) is 18.5 Å². The summed E-state index contributed by atoms with van der Waals surface area (Å²) in [6.07, 6.45) is 1.75. The molecule has 150 valence electrons. The second-order valence-electron chi connectivity index (χ2n) is 6.94. The fourth-order valence-electron chi connectivity index (χ4n) is 2.46. The number of carbonyl (C=O) groups excluding carboxylic acids is 1. The summed E-state index contributed by atoms with van der Waals surface area (Å²) in [5.74, 6) is 1.27. The molecule has 0 saturated carbocycles. The number of nitrogens with one attached hydrogen (secondary N) is 2. The molecular weight excluding hydrogens is 384 g/mol. The molecule has 2 aromatic carbocycles. The van der Waals surface area contributed by atoms with Crippen molar-refractivity contribution in [2.45, 2.75) is 20.8 Å². The average molecular weight is 409 g/mol. The highest BCUT2D eigenvalue weighted by Gasteiger charge is 2.05. The summed E-state index contributed by atoms with van der Waals surface area (Å²) >= 11 is 1.48. The number of anilines is 2. The summed E-state index contributed by atoms with van der Waals surface area (Å²) in [7, 11) is 0. The first-order chi connectivity index (χ1) is 14.0. The Morgan fingerprint density at radius 2 is 1.90 bits per heavy atom. The van der Waals surface area contributed by atoms with Gasteiger partial charge in [0.15, 0.2) is 0 Å². The standard InChI is InChI=1S/C22H24N4O2S/c1-15(2)13-28-20-10-4-17(5-11-20)12-23-26-22-25-21(14-29-22)18-6-8-19(9-7-18)24-16(3)27/h4-12,14-15H,13H2,1-3H3,(H,24,27)(H,25,26)/b23-12-. The molecule has 0 aliphatic heterocycles. The maximum Gasteiger partial charge on any atom is 0.221 e. The van der Waals surface area contributed by atoms with Gasteiger partial charge in [0.1, 0.15) is 5.75 Å². The second-order valence-corrected chi connectivity index (χ2v) is 7.80. The predicted molar refractivity (Wildman–Crippen MR) is 120 cm³/mol. The predicted octanol–water partition coefficient (Wildman–Crippen LogP) is 5.25. The number of rotatable bonds is 8. The molecule has 1 amide bonds. The largest absolute Gasteiger partial charge is 0.493 e. The lowest BCUT2D eigenvalue weighted by Crippen LogP contribution is -2.05. The summed E-state index contributed by atoms with van der Waals surface area (Å²) in [6.45, 7) is 6.44. The van der Waals surface area contributed by atoms with Crippen molar-refractivity contribution in [3.63, 3.8) is 0 Å². The van der Waals surface area contributed by atoms with Crippen LogP contribution >= 0.6 is 11.3 Å². The van der Waals surface area contributed by atoms with Gasteiger partial charge in [-0.05, 0) is 47.9 Å². The van der Waals surface area contributed by atoms with Crippen LogP contribution in [0, 0.1) is 5.92 Å². The van der Waals surface area contributed by atoms with E-state index >= 15 is 0 Å². The van der Waals surface area contributed by atoms with Crippen LogP contribution in [0.4, 0.5) is 10.8 Å². The topological polar surface area (TPSA) is 75.6 Å². The first-order valence-electron chi connectivity index (χ1n) is 9.35. The van der Waals surface area contributed by atoms with Crippen LogP contribution in [-0.2, 0) is 4.79 Å². The number of amides is 1. The summed E-state index contributed by atoms with van der Waals surface area (Å²) in [5, 5.41) is 9.68. The SMILES string of the molecule is CC(=O)Nc1ccc(-c2csc(N/N=C\c3ccc(OCC(C)C)cc3)n2)cc1. The summed E-state index contributed by atoms with van der Waals surface area (Å²) < 4.78 is 5.68. The number of carbonyl (C=O) groups is 1. The van der Waals surface area contributed by atoms with Crippen LogP contribution in [0.5, 0.6) is 5.75 Å². The molecule has 0 radical (unpaired) electrons. The number of benzene rings is 2. The van der Waals surface area contributed by atoms with Crippen LogP contribution < -0.4 is 15.5 Å². The van der Waals surface area contributed by atoms with Gasteiger partial charge in [0, 0.05) is 23.6 Å². The number of ether oxygens (including phenoxy) is 1. The highest BCUT2D eigenvalue weighted by atomic mass is 32.1. The van der Waals surface area contributed by atoms with Crippen molar-refractivity contribution in [3.8, 4) is 17.0 Å². The summed E-state index contributed by atoms with van der Waals surface area (Å²) in [4.78, 5) is 15.6. The average Bonchev–Trinajstić information content (AvgIpc) is 3.16. The maximum atomic E-state index is 11.1. The third-order valence-corrected chi connectivity index (χ3v) is 4.59. The molecule has 3 aromatic rings. The molecule has 29 heavy (non-hydrogen) atoms. The van der Waals surface area contributed by atoms with Crippen LogP contribution in [0.3, 0.4) is 0 Å². The molecule has 1 heterocycles. The van der Waals surface area contributed by atoms with E-state index in [2.05, 4.69) is 34.7 Å². The fourth-order valence-corrected chi connectivity index (χ4v) is 3.13. The molecule has 1 aromatic heterocycles. The zero-order valence-corrected chi connectivity index (χ0v) is 17.5. The smallest absolute Gasteiger partial charge is 0.221 e. The van der Waals surface area contributed by atoms with Gasteiger partial charge in [-0.15, -0.1) is 11.3 Å². The second kappa shape index (κ2) is 9.84. The van der Waals surface area contributed by atoms with Gasteiger partial charge >= 0.3 is 0 Å². The molecule has 2 N–H and O–H groups in total. The van der Waals surface area contributed by atoms with E-state index in [0.29, 0.717) is 17.7 Å². The van der Waals surface area contributed by atoms with Crippen molar-refractivity contribution in [1.82, 2.24) is 4.98 Å². The van der Waals surface area contributed by atoms with Gasteiger partial charge in [-0.3, -0.25) is 10.2 Å².